The van der Waals surface area contributed by atoms with E-state index in [1.807, 2.05) is 0 Å². The molecule has 1 atom stereocenters. The van der Waals surface area contributed by atoms with Gasteiger partial charge in [0.1, 0.15) is 0 Å². The molecule has 0 spiro atoms. The van der Waals surface area contributed by atoms with Gasteiger partial charge in [0.2, 0.25) is 0 Å². The molecule has 2 nitrogen and oxygen atoms in total. The Bertz CT molecular complexity index is 345. The van der Waals surface area contributed by atoms with Crippen LogP contribution in [-0.2, 0) is 6.54 Å². The normalized spacial score (nSPS) is 25.5. The Hall–Kier alpha value is -0.860. The number of benzene rings is 1. The van der Waals surface area contributed by atoms with Gasteiger partial charge in [-0.1, -0.05) is 30.3 Å². The Balaban J connectivity index is 2.15. The van der Waals surface area contributed by atoms with Crippen LogP contribution in [0.4, 0.5) is 0 Å². The van der Waals surface area contributed by atoms with Gasteiger partial charge in [-0.25, -0.2) is 0 Å². The van der Waals surface area contributed by atoms with Crippen LogP contribution in [0.15, 0.2) is 30.3 Å². The number of rotatable bonds is 2. The van der Waals surface area contributed by atoms with E-state index in [2.05, 4.69) is 61.3 Å². The first-order chi connectivity index (χ1) is 8.09. The maximum absolute atomic E-state index is 3.53. The highest BCUT2D eigenvalue weighted by Crippen LogP contribution is 2.25. The lowest BCUT2D eigenvalue weighted by Gasteiger charge is -2.40. The van der Waals surface area contributed by atoms with Gasteiger partial charge >= 0.3 is 0 Å². The van der Waals surface area contributed by atoms with Crippen LogP contribution in [0.3, 0.4) is 0 Å². The molecule has 0 aromatic heterocycles. The van der Waals surface area contributed by atoms with Crippen LogP contribution in [0.1, 0.15) is 32.8 Å². The first-order valence-electron chi connectivity index (χ1n) is 6.61. The molecule has 94 valence electrons. The van der Waals surface area contributed by atoms with Crippen molar-refractivity contribution in [2.75, 3.05) is 13.1 Å². The van der Waals surface area contributed by atoms with Crippen LogP contribution in [0, 0.1) is 0 Å². The molecule has 1 aromatic rings. The van der Waals surface area contributed by atoms with Crippen LogP contribution >= 0.6 is 0 Å². The molecular formula is C15H24N2. The van der Waals surface area contributed by atoms with Gasteiger partial charge in [0.05, 0.1) is 0 Å². The topological polar surface area (TPSA) is 15.3 Å². The summed E-state index contributed by atoms with van der Waals surface area (Å²) in [5.41, 5.74) is 1.69. The van der Waals surface area contributed by atoms with Crippen molar-refractivity contribution in [1.82, 2.24) is 10.2 Å². The van der Waals surface area contributed by atoms with Gasteiger partial charge in [0, 0.05) is 24.7 Å². The number of nitrogens with zero attached hydrogens (tertiary/aromatic N) is 1. The molecule has 0 radical (unpaired) electrons. The predicted octanol–water partition coefficient (Wildman–Crippen LogP) is 2.65. The zero-order valence-electron chi connectivity index (χ0n) is 11.2. The molecule has 0 bridgehead atoms. The van der Waals surface area contributed by atoms with E-state index >= 15 is 0 Å². The van der Waals surface area contributed by atoms with E-state index in [4.69, 9.17) is 0 Å². The minimum atomic E-state index is 0.277. The van der Waals surface area contributed by atoms with Crippen molar-refractivity contribution in [3.63, 3.8) is 0 Å². The predicted molar refractivity (Wildman–Crippen MR) is 73.0 cm³/mol. The lowest BCUT2D eigenvalue weighted by molar-refractivity contribution is 0.0771. The van der Waals surface area contributed by atoms with Crippen LogP contribution < -0.4 is 5.32 Å². The van der Waals surface area contributed by atoms with Crippen molar-refractivity contribution in [3.05, 3.63) is 35.9 Å². The molecule has 2 heteroatoms. The standard InChI is InChI=1S/C15H24N2/c1-13-11-16-10-9-15(2,3)17(13)12-14-7-5-4-6-8-14/h4-8,13,16H,9-12H2,1-3H3. The third kappa shape index (κ3) is 3.08. The molecule has 1 heterocycles. The van der Waals surface area contributed by atoms with E-state index in [1.165, 1.54) is 12.0 Å². The minimum absolute atomic E-state index is 0.277. The van der Waals surface area contributed by atoms with Gasteiger partial charge in [-0.05, 0) is 39.3 Å². The third-order valence-corrected chi connectivity index (χ3v) is 3.86. The molecule has 1 saturated heterocycles. The molecule has 17 heavy (non-hydrogen) atoms. The van der Waals surface area contributed by atoms with Gasteiger partial charge in [-0.2, -0.15) is 0 Å². The van der Waals surface area contributed by atoms with E-state index in [9.17, 15) is 0 Å². The summed E-state index contributed by atoms with van der Waals surface area (Å²) in [6.07, 6.45) is 1.21. The number of hydrogen-bond acceptors (Lipinski definition) is 2. The Labute approximate surface area is 105 Å². The van der Waals surface area contributed by atoms with Crippen molar-refractivity contribution in [3.8, 4) is 0 Å². The van der Waals surface area contributed by atoms with Crippen molar-refractivity contribution < 1.29 is 0 Å². The van der Waals surface area contributed by atoms with Gasteiger partial charge in [-0.15, -0.1) is 0 Å². The molecule has 0 amide bonds. The Morgan fingerprint density at radius 2 is 2.00 bits per heavy atom. The van der Waals surface area contributed by atoms with Crippen LogP contribution in [0.2, 0.25) is 0 Å². The fourth-order valence-corrected chi connectivity index (χ4v) is 2.71. The Kier molecular flexibility index (Phi) is 3.85. The van der Waals surface area contributed by atoms with Crippen LogP contribution in [0.25, 0.3) is 0 Å². The molecule has 1 aliphatic rings. The number of hydrogen-bond donors (Lipinski definition) is 1. The highest BCUT2D eigenvalue weighted by molar-refractivity contribution is 5.15. The quantitative estimate of drug-likeness (QED) is 0.843. The first kappa shape index (κ1) is 12.6. The second kappa shape index (κ2) is 5.19. The highest BCUT2D eigenvalue weighted by atomic mass is 15.2. The fourth-order valence-electron chi connectivity index (χ4n) is 2.71. The highest BCUT2D eigenvalue weighted by Gasteiger charge is 2.32. The van der Waals surface area contributed by atoms with Crippen molar-refractivity contribution in [1.29, 1.82) is 0 Å². The van der Waals surface area contributed by atoms with Crippen molar-refractivity contribution in [2.24, 2.45) is 0 Å². The number of nitrogens with one attached hydrogen (secondary N) is 1. The maximum atomic E-state index is 3.53. The summed E-state index contributed by atoms with van der Waals surface area (Å²) < 4.78 is 0. The lowest BCUT2D eigenvalue weighted by Crippen LogP contribution is -2.48. The van der Waals surface area contributed by atoms with Crippen molar-refractivity contribution >= 4 is 0 Å². The summed E-state index contributed by atoms with van der Waals surface area (Å²) in [5.74, 6) is 0. The zero-order chi connectivity index (χ0) is 12.3. The fraction of sp³-hybridized carbons (Fsp3) is 0.600. The van der Waals surface area contributed by atoms with E-state index in [1.54, 1.807) is 0 Å². The van der Waals surface area contributed by atoms with E-state index in [-0.39, 0.29) is 5.54 Å². The monoisotopic (exact) mass is 232 g/mol. The summed E-state index contributed by atoms with van der Waals surface area (Å²) >= 11 is 0. The Morgan fingerprint density at radius 3 is 2.71 bits per heavy atom. The first-order valence-corrected chi connectivity index (χ1v) is 6.61. The second-order valence-electron chi connectivity index (χ2n) is 5.73. The summed E-state index contributed by atoms with van der Waals surface area (Å²) in [5, 5.41) is 3.53. The van der Waals surface area contributed by atoms with E-state index in [0.29, 0.717) is 6.04 Å². The average molecular weight is 232 g/mol. The molecule has 1 fully saturated rings. The van der Waals surface area contributed by atoms with Gasteiger partial charge < -0.3 is 5.32 Å². The van der Waals surface area contributed by atoms with Crippen molar-refractivity contribution in [2.45, 2.75) is 45.3 Å². The third-order valence-electron chi connectivity index (χ3n) is 3.86. The van der Waals surface area contributed by atoms with E-state index in [0.717, 1.165) is 19.6 Å². The summed E-state index contributed by atoms with van der Waals surface area (Å²) in [6, 6.07) is 11.4. The molecule has 2 rings (SSSR count). The molecule has 1 N–H and O–H groups in total. The maximum Gasteiger partial charge on any atom is 0.0242 e. The minimum Gasteiger partial charge on any atom is -0.315 e. The van der Waals surface area contributed by atoms with Crippen LogP contribution in [-0.4, -0.2) is 29.6 Å². The van der Waals surface area contributed by atoms with Gasteiger partial charge in [0.25, 0.3) is 0 Å². The SMILES string of the molecule is CC1CNCCC(C)(C)N1Cc1ccccc1. The van der Waals surface area contributed by atoms with Crippen LogP contribution in [0.5, 0.6) is 0 Å². The average Bonchev–Trinajstić information content (AvgIpc) is 2.43. The lowest BCUT2D eigenvalue weighted by atomic mass is 9.96. The largest absolute Gasteiger partial charge is 0.315 e. The molecule has 1 aliphatic heterocycles. The summed E-state index contributed by atoms with van der Waals surface area (Å²) in [4.78, 5) is 2.63. The molecule has 1 unspecified atom stereocenters. The second-order valence-corrected chi connectivity index (χ2v) is 5.73. The molecule has 0 saturated carbocycles. The summed E-state index contributed by atoms with van der Waals surface area (Å²) in [7, 11) is 0. The summed E-state index contributed by atoms with van der Waals surface area (Å²) in [6.45, 7) is 10.3. The zero-order valence-corrected chi connectivity index (χ0v) is 11.2. The Morgan fingerprint density at radius 1 is 1.29 bits per heavy atom. The smallest absolute Gasteiger partial charge is 0.0242 e. The molecular weight excluding hydrogens is 208 g/mol. The molecule has 1 aromatic carbocycles. The molecule has 0 aliphatic carbocycles. The van der Waals surface area contributed by atoms with E-state index < -0.39 is 0 Å². The van der Waals surface area contributed by atoms with Gasteiger partial charge in [0.15, 0.2) is 0 Å². The van der Waals surface area contributed by atoms with Gasteiger partial charge in [-0.3, -0.25) is 4.90 Å².